The van der Waals surface area contributed by atoms with Crippen molar-refractivity contribution in [2.24, 2.45) is 5.92 Å². The Bertz CT molecular complexity index is 277. The first-order valence-electron chi connectivity index (χ1n) is 3.84. The highest BCUT2D eigenvalue weighted by molar-refractivity contribution is 7.92. The standard InChI is InChI=1S/C7H13NO3S/c1-12(8,11)6-2-5(3-6)4-7(9)10/h5-6,8H,2-4H2,1H3,(H,9,10). The summed E-state index contributed by atoms with van der Waals surface area (Å²) >= 11 is 0. The molecule has 0 spiro atoms. The maximum absolute atomic E-state index is 11.1. The van der Waals surface area contributed by atoms with Gasteiger partial charge in [-0.2, -0.15) is 0 Å². The molecule has 0 aromatic rings. The lowest BCUT2D eigenvalue weighted by atomic mass is 9.82. The number of rotatable bonds is 3. The van der Waals surface area contributed by atoms with Gasteiger partial charge in [0.15, 0.2) is 0 Å². The SMILES string of the molecule is CS(=N)(=O)C1CC(CC(=O)O)C1. The van der Waals surface area contributed by atoms with Gasteiger partial charge in [-0.25, -0.2) is 4.21 Å². The summed E-state index contributed by atoms with van der Waals surface area (Å²) in [4.78, 5) is 10.2. The van der Waals surface area contributed by atoms with Crippen LogP contribution in [0.3, 0.4) is 0 Å². The molecule has 0 bridgehead atoms. The van der Waals surface area contributed by atoms with Gasteiger partial charge in [0.2, 0.25) is 0 Å². The van der Waals surface area contributed by atoms with E-state index in [0.717, 1.165) is 0 Å². The number of aliphatic carboxylic acids is 1. The fourth-order valence-electron chi connectivity index (χ4n) is 1.46. The lowest BCUT2D eigenvalue weighted by Crippen LogP contribution is -2.35. The molecule has 0 saturated heterocycles. The Morgan fingerprint density at radius 1 is 1.67 bits per heavy atom. The topological polar surface area (TPSA) is 78.2 Å². The lowest BCUT2D eigenvalue weighted by Gasteiger charge is -2.34. The summed E-state index contributed by atoms with van der Waals surface area (Å²) in [6, 6.07) is 0. The van der Waals surface area contributed by atoms with Crippen molar-refractivity contribution >= 4 is 15.7 Å². The van der Waals surface area contributed by atoms with E-state index in [2.05, 4.69) is 0 Å². The molecule has 1 unspecified atom stereocenters. The van der Waals surface area contributed by atoms with Gasteiger partial charge in [0.05, 0.1) is 0 Å². The van der Waals surface area contributed by atoms with E-state index in [-0.39, 0.29) is 17.6 Å². The van der Waals surface area contributed by atoms with Crippen molar-refractivity contribution in [3.05, 3.63) is 0 Å². The van der Waals surface area contributed by atoms with E-state index in [1.807, 2.05) is 0 Å². The molecule has 0 radical (unpaired) electrons. The summed E-state index contributed by atoms with van der Waals surface area (Å²) in [7, 11) is -2.43. The van der Waals surface area contributed by atoms with Crippen LogP contribution in [0.4, 0.5) is 0 Å². The molecule has 1 aliphatic rings. The number of nitrogens with one attached hydrogen (secondary N) is 1. The third-order valence-corrected chi connectivity index (χ3v) is 3.95. The minimum Gasteiger partial charge on any atom is -0.481 e. The van der Waals surface area contributed by atoms with Crippen LogP contribution in [0.15, 0.2) is 0 Å². The second kappa shape index (κ2) is 3.05. The van der Waals surface area contributed by atoms with E-state index in [4.69, 9.17) is 9.89 Å². The number of carboxylic acid groups (broad SMARTS) is 1. The van der Waals surface area contributed by atoms with Gasteiger partial charge in [0, 0.05) is 27.7 Å². The third kappa shape index (κ3) is 2.20. The van der Waals surface area contributed by atoms with Crippen LogP contribution >= 0.6 is 0 Å². The molecule has 1 rings (SSSR count). The highest BCUT2D eigenvalue weighted by Crippen LogP contribution is 2.34. The Morgan fingerprint density at radius 2 is 2.17 bits per heavy atom. The number of carboxylic acids is 1. The molecule has 0 heterocycles. The first kappa shape index (κ1) is 9.51. The van der Waals surface area contributed by atoms with Crippen molar-refractivity contribution < 1.29 is 14.1 Å². The quantitative estimate of drug-likeness (QED) is 0.696. The molecule has 1 saturated carbocycles. The van der Waals surface area contributed by atoms with Gasteiger partial charge >= 0.3 is 5.97 Å². The molecule has 2 N–H and O–H groups in total. The van der Waals surface area contributed by atoms with E-state index in [1.165, 1.54) is 6.26 Å². The molecule has 0 aliphatic heterocycles. The second-order valence-electron chi connectivity index (χ2n) is 3.46. The molecule has 0 aromatic carbocycles. The summed E-state index contributed by atoms with van der Waals surface area (Å²) in [5, 5.41) is 8.35. The molecule has 1 fully saturated rings. The Kier molecular flexibility index (Phi) is 2.41. The van der Waals surface area contributed by atoms with E-state index >= 15 is 0 Å². The van der Waals surface area contributed by atoms with Crippen LogP contribution < -0.4 is 0 Å². The van der Waals surface area contributed by atoms with Crippen molar-refractivity contribution in [2.45, 2.75) is 24.5 Å². The molecule has 0 amide bonds. The minimum atomic E-state index is -2.43. The van der Waals surface area contributed by atoms with E-state index in [9.17, 15) is 9.00 Å². The van der Waals surface area contributed by atoms with Crippen LogP contribution in [0, 0.1) is 10.7 Å². The average molecular weight is 191 g/mol. The third-order valence-electron chi connectivity index (χ3n) is 2.29. The fourth-order valence-corrected chi connectivity index (χ4v) is 2.73. The van der Waals surface area contributed by atoms with Crippen molar-refractivity contribution in [3.63, 3.8) is 0 Å². The number of hydrogen-bond acceptors (Lipinski definition) is 3. The van der Waals surface area contributed by atoms with Gasteiger partial charge in [0.25, 0.3) is 0 Å². The normalized spacial score (nSPS) is 33.4. The largest absolute Gasteiger partial charge is 0.481 e. The molecule has 1 atom stereocenters. The summed E-state index contributed by atoms with van der Waals surface area (Å²) in [6.07, 6.45) is 2.87. The highest BCUT2D eigenvalue weighted by atomic mass is 32.2. The van der Waals surface area contributed by atoms with Crippen molar-refractivity contribution in [3.8, 4) is 0 Å². The van der Waals surface area contributed by atoms with Crippen LogP contribution in [0.5, 0.6) is 0 Å². The Balaban J connectivity index is 2.34. The summed E-state index contributed by atoms with van der Waals surface area (Å²) in [6.45, 7) is 0. The van der Waals surface area contributed by atoms with Gasteiger partial charge in [-0.15, -0.1) is 0 Å². The predicted molar refractivity (Wildman–Crippen MR) is 45.6 cm³/mol. The summed E-state index contributed by atoms with van der Waals surface area (Å²) < 4.78 is 18.4. The van der Waals surface area contributed by atoms with Gasteiger partial charge in [-0.1, -0.05) is 0 Å². The Morgan fingerprint density at radius 3 is 2.50 bits per heavy atom. The number of carbonyl (C=O) groups is 1. The van der Waals surface area contributed by atoms with Gasteiger partial charge in [-0.05, 0) is 18.8 Å². The molecule has 0 aromatic heterocycles. The molecular weight excluding hydrogens is 178 g/mol. The highest BCUT2D eigenvalue weighted by Gasteiger charge is 2.35. The Labute approximate surface area is 71.9 Å². The molecule has 70 valence electrons. The first-order valence-corrected chi connectivity index (χ1v) is 5.87. The first-order chi connectivity index (χ1) is 5.39. The zero-order valence-corrected chi connectivity index (χ0v) is 7.76. The van der Waals surface area contributed by atoms with Crippen LogP contribution in [-0.2, 0) is 14.5 Å². The second-order valence-corrected chi connectivity index (χ2v) is 5.94. The monoisotopic (exact) mass is 191 g/mol. The summed E-state index contributed by atoms with van der Waals surface area (Å²) in [5.41, 5.74) is 0. The van der Waals surface area contributed by atoms with Crippen LogP contribution in [0.2, 0.25) is 0 Å². The van der Waals surface area contributed by atoms with E-state index in [1.54, 1.807) is 0 Å². The minimum absolute atomic E-state index is 0.0677. The smallest absolute Gasteiger partial charge is 0.303 e. The molecular formula is C7H13NO3S. The predicted octanol–water partition coefficient (Wildman–Crippen LogP) is 0.916. The van der Waals surface area contributed by atoms with Gasteiger partial charge in [-0.3, -0.25) is 9.57 Å². The summed E-state index contributed by atoms with van der Waals surface area (Å²) in [5.74, 6) is -0.648. The van der Waals surface area contributed by atoms with Gasteiger partial charge in [0.1, 0.15) is 0 Å². The van der Waals surface area contributed by atoms with Gasteiger partial charge < -0.3 is 5.11 Å². The zero-order chi connectivity index (χ0) is 9.35. The van der Waals surface area contributed by atoms with Crippen molar-refractivity contribution in [1.29, 1.82) is 4.78 Å². The zero-order valence-electron chi connectivity index (χ0n) is 6.95. The van der Waals surface area contributed by atoms with Crippen LogP contribution in [-0.4, -0.2) is 26.8 Å². The molecule has 4 nitrogen and oxygen atoms in total. The molecule has 12 heavy (non-hydrogen) atoms. The lowest BCUT2D eigenvalue weighted by molar-refractivity contribution is -0.138. The molecule has 5 heteroatoms. The van der Waals surface area contributed by atoms with E-state index in [0.29, 0.717) is 12.8 Å². The maximum atomic E-state index is 11.1. The van der Waals surface area contributed by atoms with Crippen LogP contribution in [0.1, 0.15) is 19.3 Å². The van der Waals surface area contributed by atoms with Crippen molar-refractivity contribution in [2.75, 3.05) is 6.26 Å². The fraction of sp³-hybridized carbons (Fsp3) is 0.857. The van der Waals surface area contributed by atoms with Crippen molar-refractivity contribution in [1.82, 2.24) is 0 Å². The maximum Gasteiger partial charge on any atom is 0.303 e. The average Bonchev–Trinajstić information content (AvgIpc) is 1.73. The van der Waals surface area contributed by atoms with Crippen LogP contribution in [0.25, 0.3) is 0 Å². The molecule has 1 aliphatic carbocycles. The Hall–Kier alpha value is -0.580. The van der Waals surface area contributed by atoms with E-state index < -0.39 is 15.7 Å². The number of hydrogen-bond donors (Lipinski definition) is 2.